The number of benzene rings is 3. The van der Waals surface area contributed by atoms with Crippen molar-refractivity contribution in [2.45, 2.75) is 11.7 Å². The average molecular weight is 432 g/mol. The zero-order chi connectivity index (χ0) is 21.6. The van der Waals surface area contributed by atoms with Crippen LogP contribution >= 0.6 is 11.8 Å². The fourth-order valence-corrected chi connectivity index (χ4v) is 4.04. The van der Waals surface area contributed by atoms with Gasteiger partial charge in [-0.15, -0.1) is 0 Å². The highest BCUT2D eigenvalue weighted by molar-refractivity contribution is 7.99. The molecule has 0 aliphatic carbocycles. The number of imidazole rings is 1. The van der Waals surface area contributed by atoms with Crippen LogP contribution in [-0.4, -0.2) is 33.6 Å². The zero-order valence-electron chi connectivity index (χ0n) is 17.1. The molecule has 0 spiro atoms. The fraction of sp³-hybridized carbons (Fsp3) is 0.120. The van der Waals surface area contributed by atoms with E-state index < -0.39 is 0 Å². The van der Waals surface area contributed by atoms with Crippen LogP contribution in [0.3, 0.4) is 0 Å². The van der Waals surface area contributed by atoms with Gasteiger partial charge in [-0.2, -0.15) is 0 Å². The number of nitrogens with one attached hydrogen (secondary N) is 1. The molecule has 0 saturated heterocycles. The van der Waals surface area contributed by atoms with Crippen molar-refractivity contribution in [3.05, 3.63) is 96.3 Å². The molecule has 6 heteroatoms. The number of aromatic nitrogens is 2. The lowest BCUT2D eigenvalue weighted by Gasteiger charge is -2.16. The van der Waals surface area contributed by atoms with E-state index in [1.165, 1.54) is 23.9 Å². The van der Waals surface area contributed by atoms with E-state index in [1.54, 1.807) is 24.1 Å². The average Bonchev–Trinajstić information content (AvgIpc) is 3.24. The van der Waals surface area contributed by atoms with Crippen molar-refractivity contribution in [1.82, 2.24) is 14.9 Å². The molecule has 4 aromatic rings. The summed E-state index contributed by atoms with van der Waals surface area (Å²) in [5.41, 5.74) is 4.74. The highest BCUT2D eigenvalue weighted by Crippen LogP contribution is 2.32. The normalized spacial score (nSPS) is 10.8. The molecule has 1 N–H and O–H groups in total. The summed E-state index contributed by atoms with van der Waals surface area (Å²) in [6.45, 7) is 0.433. The maximum Gasteiger partial charge on any atom is 0.233 e. The second kappa shape index (κ2) is 9.62. The summed E-state index contributed by atoms with van der Waals surface area (Å²) < 4.78 is 13.1. The van der Waals surface area contributed by atoms with E-state index in [4.69, 9.17) is 4.98 Å². The Hall–Kier alpha value is -3.38. The number of nitrogens with zero attached hydrogens (tertiary/aromatic N) is 2. The van der Waals surface area contributed by atoms with E-state index in [2.05, 4.69) is 4.98 Å². The molecular weight excluding hydrogens is 409 g/mol. The quantitative estimate of drug-likeness (QED) is 0.386. The molecule has 3 aromatic carbocycles. The Kier molecular flexibility index (Phi) is 6.48. The lowest BCUT2D eigenvalue weighted by atomic mass is 10.1. The number of thioether (sulfide) groups is 1. The van der Waals surface area contributed by atoms with Gasteiger partial charge >= 0.3 is 0 Å². The van der Waals surface area contributed by atoms with E-state index in [1.807, 2.05) is 60.7 Å². The molecule has 0 bridgehead atoms. The number of carbonyl (C=O) groups is 1. The molecule has 4 rings (SSSR count). The maximum atomic E-state index is 13.1. The van der Waals surface area contributed by atoms with Crippen LogP contribution in [0.5, 0.6) is 0 Å². The lowest BCUT2D eigenvalue weighted by molar-refractivity contribution is -0.127. The van der Waals surface area contributed by atoms with Gasteiger partial charge in [0, 0.05) is 24.7 Å². The smallest absolute Gasteiger partial charge is 0.233 e. The van der Waals surface area contributed by atoms with Crippen LogP contribution in [-0.2, 0) is 11.3 Å². The molecule has 0 aliphatic rings. The maximum absolute atomic E-state index is 13.1. The number of H-pyrrole nitrogens is 1. The molecule has 0 saturated carbocycles. The summed E-state index contributed by atoms with van der Waals surface area (Å²) in [6.07, 6.45) is 0. The number of hydrogen-bond donors (Lipinski definition) is 1. The van der Waals surface area contributed by atoms with Crippen molar-refractivity contribution in [3.63, 3.8) is 0 Å². The molecule has 1 amide bonds. The predicted octanol–water partition coefficient (Wildman–Crippen LogP) is 5.63. The molecule has 1 aromatic heterocycles. The van der Waals surface area contributed by atoms with E-state index in [0.717, 1.165) is 28.1 Å². The summed E-state index contributed by atoms with van der Waals surface area (Å²) in [5, 5.41) is 0.696. The first-order chi connectivity index (χ1) is 15.1. The number of carbonyl (C=O) groups excluding carboxylic acids is 1. The summed E-state index contributed by atoms with van der Waals surface area (Å²) in [7, 11) is 1.75. The van der Waals surface area contributed by atoms with Gasteiger partial charge in [0.25, 0.3) is 0 Å². The van der Waals surface area contributed by atoms with Gasteiger partial charge in [0.2, 0.25) is 5.91 Å². The predicted molar refractivity (Wildman–Crippen MR) is 123 cm³/mol. The van der Waals surface area contributed by atoms with Crippen LogP contribution in [0.4, 0.5) is 4.39 Å². The van der Waals surface area contributed by atoms with Gasteiger partial charge < -0.3 is 9.88 Å². The second-order valence-corrected chi connectivity index (χ2v) is 8.13. The number of hydrogen-bond acceptors (Lipinski definition) is 3. The van der Waals surface area contributed by atoms with Crippen molar-refractivity contribution in [2.24, 2.45) is 0 Å². The molecule has 0 fully saturated rings. The number of aromatic amines is 1. The number of rotatable bonds is 7. The van der Waals surface area contributed by atoms with Gasteiger partial charge in [-0.25, -0.2) is 9.37 Å². The Morgan fingerprint density at radius 1 is 0.935 bits per heavy atom. The molecule has 0 radical (unpaired) electrons. The van der Waals surface area contributed by atoms with Gasteiger partial charge in [-0.05, 0) is 17.7 Å². The summed E-state index contributed by atoms with van der Waals surface area (Å²) in [4.78, 5) is 22.4. The number of halogens is 1. The zero-order valence-corrected chi connectivity index (χ0v) is 17.9. The van der Waals surface area contributed by atoms with Gasteiger partial charge in [-0.1, -0.05) is 84.6 Å². The molecule has 156 valence electrons. The third-order valence-electron chi connectivity index (χ3n) is 4.88. The summed E-state index contributed by atoms with van der Waals surface area (Å²) in [5.74, 6) is -0.0454. The van der Waals surface area contributed by atoms with Gasteiger partial charge in [-0.3, -0.25) is 4.79 Å². The first kappa shape index (κ1) is 20.9. The van der Waals surface area contributed by atoms with E-state index in [-0.39, 0.29) is 17.5 Å². The first-order valence-electron chi connectivity index (χ1n) is 9.92. The molecular formula is C25H22FN3OS. The Labute approximate surface area is 185 Å². The fourth-order valence-electron chi connectivity index (χ4n) is 3.23. The van der Waals surface area contributed by atoms with E-state index in [9.17, 15) is 9.18 Å². The van der Waals surface area contributed by atoms with E-state index >= 15 is 0 Å². The highest BCUT2D eigenvalue weighted by atomic mass is 32.2. The SMILES string of the molecule is CN(Cc1ccc(F)cc1)C(=O)CSc1nc(-c2ccccc2)c(-c2ccccc2)[nH]1. The Morgan fingerprint density at radius 2 is 1.55 bits per heavy atom. The second-order valence-electron chi connectivity index (χ2n) is 7.16. The van der Waals surface area contributed by atoms with Crippen molar-refractivity contribution in [3.8, 4) is 22.5 Å². The standard InChI is InChI=1S/C25H22FN3OS/c1-29(16-18-12-14-21(26)15-13-18)22(30)17-31-25-27-23(19-8-4-2-5-9-19)24(28-25)20-10-6-3-7-11-20/h2-15H,16-17H2,1H3,(H,27,28). The molecule has 4 nitrogen and oxygen atoms in total. The van der Waals surface area contributed by atoms with Crippen molar-refractivity contribution < 1.29 is 9.18 Å². The number of amides is 1. The third-order valence-corrected chi connectivity index (χ3v) is 5.74. The molecule has 0 aliphatic heterocycles. The molecule has 1 heterocycles. The van der Waals surface area contributed by atoms with Crippen LogP contribution in [0, 0.1) is 5.82 Å². The first-order valence-corrected chi connectivity index (χ1v) is 10.9. The summed E-state index contributed by atoms with van der Waals surface area (Å²) in [6, 6.07) is 26.2. The van der Waals surface area contributed by atoms with Gasteiger partial charge in [0.05, 0.1) is 17.1 Å². The minimum absolute atomic E-state index is 0.0201. The molecule has 31 heavy (non-hydrogen) atoms. The third kappa shape index (κ3) is 5.22. The monoisotopic (exact) mass is 431 g/mol. The Bertz CT molecular complexity index is 1090. The van der Waals surface area contributed by atoms with Crippen LogP contribution in [0.15, 0.2) is 90.1 Å². The van der Waals surface area contributed by atoms with Crippen molar-refractivity contribution in [2.75, 3.05) is 12.8 Å². The molecule has 0 atom stereocenters. The van der Waals surface area contributed by atoms with Crippen LogP contribution in [0.25, 0.3) is 22.5 Å². The van der Waals surface area contributed by atoms with Crippen LogP contribution < -0.4 is 0 Å². The Balaban J connectivity index is 1.49. The van der Waals surface area contributed by atoms with Crippen molar-refractivity contribution >= 4 is 17.7 Å². The van der Waals surface area contributed by atoms with Gasteiger partial charge in [0.1, 0.15) is 5.82 Å². The molecule has 0 unspecified atom stereocenters. The van der Waals surface area contributed by atoms with Crippen molar-refractivity contribution in [1.29, 1.82) is 0 Å². The Morgan fingerprint density at radius 3 is 2.19 bits per heavy atom. The summed E-state index contributed by atoms with van der Waals surface area (Å²) >= 11 is 1.38. The topological polar surface area (TPSA) is 49.0 Å². The highest BCUT2D eigenvalue weighted by Gasteiger charge is 2.16. The van der Waals surface area contributed by atoms with E-state index in [0.29, 0.717) is 11.7 Å². The van der Waals surface area contributed by atoms with Gasteiger partial charge in [0.15, 0.2) is 5.16 Å². The minimum Gasteiger partial charge on any atom is -0.341 e. The van der Waals surface area contributed by atoms with Crippen LogP contribution in [0.1, 0.15) is 5.56 Å². The van der Waals surface area contributed by atoms with Crippen LogP contribution in [0.2, 0.25) is 0 Å². The minimum atomic E-state index is -0.283. The lowest BCUT2D eigenvalue weighted by Crippen LogP contribution is -2.27. The largest absolute Gasteiger partial charge is 0.341 e.